The Kier molecular flexibility index (Phi) is 8.52. The number of rotatable bonds is 7. The van der Waals surface area contributed by atoms with Crippen molar-refractivity contribution in [3.05, 3.63) is 58.2 Å². The molecule has 0 saturated carbocycles. The lowest BCUT2D eigenvalue weighted by Gasteiger charge is -2.35. The minimum absolute atomic E-state index is 0.135. The fourth-order valence-electron chi connectivity index (χ4n) is 5.02. The van der Waals surface area contributed by atoms with Crippen LogP contribution in [0, 0.1) is 18.3 Å². The molecule has 2 aromatic carbocycles. The van der Waals surface area contributed by atoms with Crippen molar-refractivity contribution in [3.63, 3.8) is 0 Å². The molecule has 1 aliphatic rings. The maximum atomic E-state index is 12.5. The number of nitrogens with zero attached hydrogens (tertiary/aromatic N) is 2. The van der Waals surface area contributed by atoms with Crippen molar-refractivity contribution in [1.29, 1.82) is 5.26 Å². The van der Waals surface area contributed by atoms with Gasteiger partial charge in [-0.25, -0.2) is 0 Å². The zero-order valence-electron chi connectivity index (χ0n) is 21.3. The van der Waals surface area contributed by atoms with Crippen molar-refractivity contribution in [1.82, 2.24) is 4.90 Å². The number of ether oxygens (including phenoxy) is 2. The standard InChI is InChI=1S/C29H36N2O3/c1-19(2)29-21(4)26(15-22-10-12-31(20(3)14-22)28(32)11-13-33-5)24(18-30)17-27(29)23-8-7-9-25(16-23)34-6/h7-9,15-17,19-20H,10-14H2,1-6H3/b22-15-/t20-/m1/s1. The zero-order valence-corrected chi connectivity index (χ0v) is 21.3. The Hall–Kier alpha value is -3.10. The van der Waals surface area contributed by atoms with E-state index in [4.69, 9.17) is 9.47 Å². The number of hydrogen-bond donors (Lipinski definition) is 0. The average Bonchev–Trinajstić information content (AvgIpc) is 2.83. The van der Waals surface area contributed by atoms with Crippen LogP contribution < -0.4 is 4.74 Å². The van der Waals surface area contributed by atoms with Gasteiger partial charge in [0.2, 0.25) is 5.91 Å². The molecule has 1 fully saturated rings. The first-order chi connectivity index (χ1) is 16.3. The topological polar surface area (TPSA) is 62.6 Å². The second kappa shape index (κ2) is 11.4. The molecule has 0 radical (unpaired) electrons. The van der Waals surface area contributed by atoms with Crippen molar-refractivity contribution in [2.75, 3.05) is 27.4 Å². The van der Waals surface area contributed by atoms with Gasteiger partial charge in [-0.1, -0.05) is 37.6 Å². The molecular formula is C29H36N2O3. The number of benzene rings is 2. The Bertz CT molecular complexity index is 1110. The number of carbonyl (C=O) groups is 1. The molecule has 0 spiro atoms. The van der Waals surface area contributed by atoms with Crippen LogP contribution in [-0.2, 0) is 9.53 Å². The van der Waals surface area contributed by atoms with Gasteiger partial charge in [0, 0.05) is 19.7 Å². The minimum atomic E-state index is 0.135. The van der Waals surface area contributed by atoms with Gasteiger partial charge in [-0.3, -0.25) is 4.79 Å². The van der Waals surface area contributed by atoms with E-state index in [9.17, 15) is 10.1 Å². The second-order valence-electron chi connectivity index (χ2n) is 9.36. The molecule has 1 aliphatic heterocycles. The summed E-state index contributed by atoms with van der Waals surface area (Å²) in [4.78, 5) is 14.5. The molecular weight excluding hydrogens is 424 g/mol. The van der Waals surface area contributed by atoms with E-state index in [1.807, 2.05) is 29.2 Å². The Morgan fingerprint density at radius 3 is 2.68 bits per heavy atom. The molecule has 1 saturated heterocycles. The van der Waals surface area contributed by atoms with Crippen LogP contribution >= 0.6 is 0 Å². The van der Waals surface area contributed by atoms with Gasteiger partial charge in [-0.2, -0.15) is 5.26 Å². The Morgan fingerprint density at radius 1 is 1.29 bits per heavy atom. The smallest absolute Gasteiger partial charge is 0.225 e. The SMILES string of the molecule is COCCC(=O)N1CC/C(=C/c2c(C#N)cc(-c3cccc(OC)c3)c(C(C)C)c2C)C[C@H]1C. The number of likely N-dealkylation sites (tertiary alicyclic amines) is 1. The highest BCUT2D eigenvalue weighted by Crippen LogP contribution is 2.38. The van der Waals surface area contributed by atoms with Crippen LogP contribution in [0.4, 0.5) is 0 Å². The maximum Gasteiger partial charge on any atom is 0.225 e. The highest BCUT2D eigenvalue weighted by molar-refractivity contribution is 5.79. The van der Waals surface area contributed by atoms with Crippen LogP contribution in [0.3, 0.4) is 0 Å². The lowest BCUT2D eigenvalue weighted by atomic mass is 9.83. The molecule has 0 aliphatic carbocycles. The van der Waals surface area contributed by atoms with Crippen molar-refractivity contribution < 1.29 is 14.3 Å². The van der Waals surface area contributed by atoms with Crippen LogP contribution in [0.1, 0.15) is 68.2 Å². The molecule has 5 heteroatoms. The third kappa shape index (κ3) is 5.51. The molecule has 0 N–H and O–H groups in total. The highest BCUT2D eigenvalue weighted by Gasteiger charge is 2.26. The third-order valence-electron chi connectivity index (χ3n) is 6.71. The largest absolute Gasteiger partial charge is 0.497 e. The maximum absolute atomic E-state index is 12.5. The molecule has 3 rings (SSSR count). The second-order valence-corrected chi connectivity index (χ2v) is 9.36. The van der Waals surface area contributed by atoms with Gasteiger partial charge in [0.25, 0.3) is 0 Å². The van der Waals surface area contributed by atoms with E-state index < -0.39 is 0 Å². The number of hydrogen-bond acceptors (Lipinski definition) is 4. The predicted octanol–water partition coefficient (Wildman–Crippen LogP) is 6.10. The van der Waals surface area contributed by atoms with Gasteiger partial charge >= 0.3 is 0 Å². The summed E-state index contributed by atoms with van der Waals surface area (Å²) in [5, 5.41) is 10.1. The molecule has 1 atom stereocenters. The van der Waals surface area contributed by atoms with Crippen molar-refractivity contribution in [2.24, 2.45) is 0 Å². The Labute approximate surface area is 204 Å². The van der Waals surface area contributed by atoms with Crippen molar-refractivity contribution in [2.45, 2.75) is 58.9 Å². The highest BCUT2D eigenvalue weighted by atomic mass is 16.5. The van der Waals surface area contributed by atoms with Crippen molar-refractivity contribution in [3.8, 4) is 22.9 Å². The van der Waals surface area contributed by atoms with Gasteiger partial charge in [0.05, 0.1) is 31.8 Å². The molecule has 1 heterocycles. The molecule has 180 valence electrons. The molecule has 34 heavy (non-hydrogen) atoms. The summed E-state index contributed by atoms with van der Waals surface area (Å²) in [6.07, 6.45) is 4.25. The quantitative estimate of drug-likeness (QED) is 0.501. The number of amides is 1. The molecule has 2 aromatic rings. The van der Waals surface area contributed by atoms with Gasteiger partial charge < -0.3 is 14.4 Å². The van der Waals surface area contributed by atoms with Crippen LogP contribution in [0.15, 0.2) is 35.9 Å². The molecule has 0 aromatic heterocycles. The van der Waals surface area contributed by atoms with Crippen LogP contribution in [-0.4, -0.2) is 44.2 Å². The van der Waals surface area contributed by atoms with Gasteiger partial charge in [0.1, 0.15) is 5.75 Å². The number of nitriles is 1. The normalized spacial score (nSPS) is 17.2. The van der Waals surface area contributed by atoms with E-state index in [-0.39, 0.29) is 11.9 Å². The summed E-state index contributed by atoms with van der Waals surface area (Å²) in [7, 11) is 3.29. The summed E-state index contributed by atoms with van der Waals surface area (Å²) in [5.74, 6) is 1.24. The van der Waals surface area contributed by atoms with E-state index in [1.165, 1.54) is 11.1 Å². The first-order valence-corrected chi connectivity index (χ1v) is 12.0. The molecule has 0 bridgehead atoms. The van der Waals surface area contributed by atoms with Gasteiger partial charge in [0.15, 0.2) is 0 Å². The Balaban J connectivity index is 2.00. The summed E-state index contributed by atoms with van der Waals surface area (Å²) >= 11 is 0. The van der Waals surface area contributed by atoms with Crippen molar-refractivity contribution >= 4 is 12.0 Å². The van der Waals surface area contributed by atoms with E-state index in [2.05, 4.69) is 45.9 Å². The number of carbonyl (C=O) groups excluding carboxylic acids is 1. The zero-order chi connectivity index (χ0) is 24.8. The monoisotopic (exact) mass is 460 g/mol. The van der Waals surface area contributed by atoms with Crippen LogP contribution in [0.25, 0.3) is 17.2 Å². The van der Waals surface area contributed by atoms with Crippen LogP contribution in [0.5, 0.6) is 5.75 Å². The van der Waals surface area contributed by atoms with E-state index >= 15 is 0 Å². The number of methoxy groups -OCH3 is 2. The fraction of sp³-hybridized carbons (Fsp3) is 0.448. The van der Waals surface area contributed by atoms with E-state index in [1.54, 1.807) is 14.2 Å². The van der Waals surface area contributed by atoms with Crippen LogP contribution in [0.2, 0.25) is 0 Å². The summed E-state index contributed by atoms with van der Waals surface area (Å²) in [6.45, 7) is 9.77. The summed E-state index contributed by atoms with van der Waals surface area (Å²) in [5.41, 5.74) is 7.49. The Morgan fingerprint density at radius 2 is 2.06 bits per heavy atom. The first-order valence-electron chi connectivity index (χ1n) is 12.0. The lowest BCUT2D eigenvalue weighted by molar-refractivity contribution is -0.134. The molecule has 0 unspecified atom stereocenters. The third-order valence-corrected chi connectivity index (χ3v) is 6.71. The summed E-state index contributed by atoms with van der Waals surface area (Å²) in [6, 6.07) is 12.6. The predicted molar refractivity (Wildman–Crippen MR) is 137 cm³/mol. The van der Waals surface area contributed by atoms with Gasteiger partial charge in [-0.05, 0) is 78.6 Å². The first kappa shape index (κ1) is 25.5. The van der Waals surface area contributed by atoms with Gasteiger partial charge in [-0.15, -0.1) is 0 Å². The average molecular weight is 461 g/mol. The lowest BCUT2D eigenvalue weighted by Crippen LogP contribution is -2.43. The molecule has 5 nitrogen and oxygen atoms in total. The van der Waals surface area contributed by atoms with E-state index in [0.717, 1.165) is 40.8 Å². The summed E-state index contributed by atoms with van der Waals surface area (Å²) < 4.78 is 10.5. The minimum Gasteiger partial charge on any atom is -0.497 e. The van der Waals surface area contributed by atoms with E-state index in [0.29, 0.717) is 31.1 Å². The fourth-order valence-corrected chi connectivity index (χ4v) is 5.02. The molecule has 1 amide bonds. The number of piperidine rings is 1.